The fourth-order valence-corrected chi connectivity index (χ4v) is 2.22. The van der Waals surface area contributed by atoms with Crippen LogP contribution in [0.1, 0.15) is 22.3 Å². The van der Waals surface area contributed by atoms with Gasteiger partial charge in [-0.2, -0.15) is 0 Å². The Balaban J connectivity index is 2.37. The van der Waals surface area contributed by atoms with E-state index in [-0.39, 0.29) is 11.7 Å². The predicted octanol–water partition coefficient (Wildman–Crippen LogP) is 3.10. The summed E-state index contributed by atoms with van der Waals surface area (Å²) in [4.78, 5) is 17.3. The number of carbonyl (C=O) groups is 1. The van der Waals surface area contributed by atoms with Crippen molar-refractivity contribution in [2.75, 3.05) is 20.6 Å². The Morgan fingerprint density at radius 1 is 1.32 bits per heavy atom. The second-order valence-electron chi connectivity index (χ2n) is 4.85. The standard InChI is InChI=1S/C14H16N4O/c1-18(2)8-7-10-9-13(16-17-15)11-5-3-4-6-12(11)14(10)19/h3-6,9-10H,7-8H2,1-2H3. The average molecular weight is 256 g/mol. The zero-order valence-corrected chi connectivity index (χ0v) is 11.1. The zero-order chi connectivity index (χ0) is 13.8. The number of ketones is 1. The number of benzene rings is 1. The second kappa shape index (κ2) is 5.69. The smallest absolute Gasteiger partial charge is 0.170 e. The van der Waals surface area contributed by atoms with Crippen molar-refractivity contribution in [2.24, 2.45) is 11.0 Å². The first kappa shape index (κ1) is 13.3. The van der Waals surface area contributed by atoms with Gasteiger partial charge in [-0.15, -0.1) is 0 Å². The molecule has 5 heteroatoms. The Hall–Kier alpha value is -2.10. The quantitative estimate of drug-likeness (QED) is 0.472. The van der Waals surface area contributed by atoms with Crippen LogP contribution in [0, 0.1) is 5.92 Å². The van der Waals surface area contributed by atoms with Gasteiger partial charge in [0, 0.05) is 22.1 Å². The Morgan fingerprint density at radius 3 is 2.63 bits per heavy atom. The fourth-order valence-electron chi connectivity index (χ4n) is 2.22. The van der Waals surface area contributed by atoms with Crippen molar-refractivity contribution in [3.63, 3.8) is 0 Å². The van der Waals surface area contributed by atoms with Gasteiger partial charge in [0.1, 0.15) is 0 Å². The van der Waals surface area contributed by atoms with Crippen LogP contribution in [0.2, 0.25) is 0 Å². The van der Waals surface area contributed by atoms with Crippen LogP contribution in [0.5, 0.6) is 0 Å². The number of fused-ring (bicyclic) bond motifs is 1. The third-order valence-corrected chi connectivity index (χ3v) is 3.20. The van der Waals surface area contributed by atoms with Crippen LogP contribution < -0.4 is 0 Å². The normalized spacial score (nSPS) is 17.7. The first-order chi connectivity index (χ1) is 9.13. The first-order valence-electron chi connectivity index (χ1n) is 6.18. The van der Waals surface area contributed by atoms with Crippen LogP contribution in [-0.2, 0) is 0 Å². The van der Waals surface area contributed by atoms with Crippen molar-refractivity contribution in [3.05, 3.63) is 51.9 Å². The number of allylic oxidation sites excluding steroid dienone is 1. The summed E-state index contributed by atoms with van der Waals surface area (Å²) in [6, 6.07) is 7.28. The first-order valence-corrected chi connectivity index (χ1v) is 6.18. The van der Waals surface area contributed by atoms with Crippen molar-refractivity contribution < 1.29 is 4.79 Å². The molecule has 0 bridgehead atoms. The van der Waals surface area contributed by atoms with Crippen LogP contribution in [0.4, 0.5) is 0 Å². The molecule has 1 atom stereocenters. The summed E-state index contributed by atoms with van der Waals surface area (Å²) in [5.74, 6) is -0.105. The molecule has 0 amide bonds. The van der Waals surface area contributed by atoms with Gasteiger partial charge in [-0.3, -0.25) is 4.79 Å². The summed E-state index contributed by atoms with van der Waals surface area (Å²) in [6.07, 6.45) is 2.51. The summed E-state index contributed by atoms with van der Waals surface area (Å²) in [5.41, 5.74) is 10.6. The van der Waals surface area contributed by atoms with Crippen molar-refractivity contribution >= 4 is 11.5 Å². The maximum Gasteiger partial charge on any atom is 0.170 e. The number of hydrogen-bond donors (Lipinski definition) is 0. The molecule has 0 saturated carbocycles. The van der Waals surface area contributed by atoms with Gasteiger partial charge >= 0.3 is 0 Å². The highest BCUT2D eigenvalue weighted by Crippen LogP contribution is 2.31. The van der Waals surface area contributed by atoms with E-state index in [9.17, 15) is 4.79 Å². The molecule has 0 aromatic heterocycles. The van der Waals surface area contributed by atoms with E-state index in [0.717, 1.165) is 18.5 Å². The summed E-state index contributed by atoms with van der Waals surface area (Å²) >= 11 is 0. The summed E-state index contributed by atoms with van der Waals surface area (Å²) in [5, 5.41) is 3.71. The summed E-state index contributed by atoms with van der Waals surface area (Å²) < 4.78 is 0. The molecule has 0 fully saturated rings. The fraction of sp³-hybridized carbons (Fsp3) is 0.357. The van der Waals surface area contributed by atoms with E-state index in [4.69, 9.17) is 5.53 Å². The molecule has 19 heavy (non-hydrogen) atoms. The van der Waals surface area contributed by atoms with Gasteiger partial charge < -0.3 is 4.90 Å². The van der Waals surface area contributed by atoms with Gasteiger partial charge in [-0.05, 0) is 38.2 Å². The van der Waals surface area contributed by atoms with Crippen LogP contribution in [0.15, 0.2) is 35.5 Å². The molecule has 1 aliphatic rings. The average Bonchev–Trinajstić information content (AvgIpc) is 2.40. The Kier molecular flexibility index (Phi) is 4.00. The molecule has 1 unspecified atom stereocenters. The van der Waals surface area contributed by atoms with Crippen LogP contribution in [-0.4, -0.2) is 31.3 Å². The highest BCUT2D eigenvalue weighted by molar-refractivity contribution is 6.06. The van der Waals surface area contributed by atoms with E-state index in [1.807, 2.05) is 37.2 Å². The second-order valence-corrected chi connectivity index (χ2v) is 4.85. The molecule has 0 N–H and O–H groups in total. The maximum absolute atomic E-state index is 12.4. The SMILES string of the molecule is CN(C)CCC1C=C(N=[N+]=[N-])c2ccccc2C1=O. The third kappa shape index (κ3) is 2.84. The van der Waals surface area contributed by atoms with Gasteiger partial charge in [-0.25, -0.2) is 0 Å². The molecule has 0 aliphatic heterocycles. The van der Waals surface area contributed by atoms with E-state index in [0.29, 0.717) is 11.3 Å². The molecule has 0 heterocycles. The Morgan fingerprint density at radius 2 is 2.00 bits per heavy atom. The molecular weight excluding hydrogens is 240 g/mol. The van der Waals surface area contributed by atoms with Gasteiger partial charge in [-0.1, -0.05) is 35.5 Å². The molecule has 0 spiro atoms. The molecule has 0 saturated heterocycles. The minimum absolute atomic E-state index is 0.106. The third-order valence-electron chi connectivity index (χ3n) is 3.20. The monoisotopic (exact) mass is 256 g/mol. The lowest BCUT2D eigenvalue weighted by Gasteiger charge is -2.22. The van der Waals surface area contributed by atoms with E-state index in [1.165, 1.54) is 0 Å². The van der Waals surface area contributed by atoms with Crippen LogP contribution >= 0.6 is 0 Å². The molecule has 1 aromatic rings. The molecule has 0 radical (unpaired) electrons. The topological polar surface area (TPSA) is 69.1 Å². The van der Waals surface area contributed by atoms with Gasteiger partial charge in [0.05, 0.1) is 0 Å². The molecule has 5 nitrogen and oxygen atoms in total. The number of azide groups is 1. The number of nitrogens with zero attached hydrogens (tertiary/aromatic N) is 4. The molecule has 98 valence electrons. The molecule has 1 aliphatic carbocycles. The van der Waals surface area contributed by atoms with E-state index in [1.54, 1.807) is 12.1 Å². The Labute approximate surface area is 112 Å². The van der Waals surface area contributed by atoms with Crippen molar-refractivity contribution in [2.45, 2.75) is 6.42 Å². The van der Waals surface area contributed by atoms with Crippen molar-refractivity contribution in [1.29, 1.82) is 0 Å². The van der Waals surface area contributed by atoms with Crippen LogP contribution in [0.25, 0.3) is 16.1 Å². The lowest BCUT2D eigenvalue weighted by Crippen LogP contribution is -2.23. The predicted molar refractivity (Wildman–Crippen MR) is 74.6 cm³/mol. The largest absolute Gasteiger partial charge is 0.309 e. The molecule has 2 rings (SSSR count). The van der Waals surface area contributed by atoms with E-state index < -0.39 is 0 Å². The Bertz CT molecular complexity index is 571. The molecule has 1 aromatic carbocycles. The minimum Gasteiger partial charge on any atom is -0.309 e. The zero-order valence-electron chi connectivity index (χ0n) is 11.1. The highest BCUT2D eigenvalue weighted by Gasteiger charge is 2.26. The van der Waals surface area contributed by atoms with Gasteiger partial charge in [0.15, 0.2) is 5.78 Å². The molecular formula is C14H16N4O. The summed E-state index contributed by atoms with van der Waals surface area (Å²) in [7, 11) is 3.94. The van der Waals surface area contributed by atoms with E-state index in [2.05, 4.69) is 10.0 Å². The number of Topliss-reactive ketones (excluding diaryl/α,β-unsaturated/α-hetero) is 1. The number of carbonyl (C=O) groups excluding carboxylic acids is 1. The van der Waals surface area contributed by atoms with Crippen molar-refractivity contribution in [3.8, 4) is 0 Å². The maximum atomic E-state index is 12.4. The van der Waals surface area contributed by atoms with Gasteiger partial charge in [0.2, 0.25) is 0 Å². The lowest BCUT2D eigenvalue weighted by atomic mass is 9.84. The minimum atomic E-state index is -0.210. The van der Waals surface area contributed by atoms with Crippen LogP contribution in [0.3, 0.4) is 0 Å². The summed E-state index contributed by atoms with van der Waals surface area (Å²) in [6.45, 7) is 0.818. The highest BCUT2D eigenvalue weighted by atomic mass is 16.1. The van der Waals surface area contributed by atoms with E-state index >= 15 is 0 Å². The van der Waals surface area contributed by atoms with Crippen molar-refractivity contribution in [1.82, 2.24) is 4.90 Å². The van der Waals surface area contributed by atoms with Gasteiger partial charge in [0.25, 0.3) is 0 Å². The number of hydrogen-bond acceptors (Lipinski definition) is 3. The lowest BCUT2D eigenvalue weighted by molar-refractivity contribution is 0.0933. The number of rotatable bonds is 4.